The Kier molecular flexibility index (Phi) is 8.78. The first-order chi connectivity index (χ1) is 14.2. The average Bonchev–Trinajstić information content (AvgIpc) is 2.76. The summed E-state index contributed by atoms with van der Waals surface area (Å²) in [5.41, 5.74) is 1.22. The summed E-state index contributed by atoms with van der Waals surface area (Å²) in [5, 5.41) is 8.89. The van der Waals surface area contributed by atoms with Gasteiger partial charge in [-0.15, -0.1) is 0 Å². The first-order valence-electron chi connectivity index (χ1n) is 12.1. The lowest BCUT2D eigenvalue weighted by molar-refractivity contribution is 0.250. The molecule has 1 aromatic carbocycles. The van der Waals surface area contributed by atoms with E-state index in [2.05, 4.69) is 19.1 Å². The van der Waals surface area contributed by atoms with Crippen LogP contribution in [-0.4, -0.2) is 0 Å². The highest BCUT2D eigenvalue weighted by molar-refractivity contribution is 5.35. The molecular weight excluding hydrogens is 357 g/mol. The highest BCUT2D eigenvalue weighted by Crippen LogP contribution is 2.37. The maximum absolute atomic E-state index is 13.9. The molecule has 158 valence electrons. The summed E-state index contributed by atoms with van der Waals surface area (Å²) in [7, 11) is 0. The normalized spacial score (nSPS) is 27.8. The number of allylic oxidation sites excluding steroid dienone is 2. The number of hydrogen-bond donors (Lipinski definition) is 0. The molecule has 0 unspecified atom stereocenters. The van der Waals surface area contributed by atoms with Crippen LogP contribution in [0.1, 0.15) is 107 Å². The van der Waals surface area contributed by atoms with Crippen LogP contribution in [0.3, 0.4) is 0 Å². The van der Waals surface area contributed by atoms with Gasteiger partial charge in [-0.2, -0.15) is 5.26 Å². The largest absolute Gasteiger partial charge is 0.206 e. The van der Waals surface area contributed by atoms with Crippen LogP contribution in [0.2, 0.25) is 0 Å². The standard InChI is InChI=1S/C27H38FN/c1-2-3-6-21-9-11-22(12-10-21)7-4-5-8-23-13-15-24(16-14-23)25-17-18-26(20-29)27(28)19-25/h5,8,17-19,21-24H,2-4,6-7,9-16H2,1H3/b8-5+. The Hall–Kier alpha value is -1.62. The van der Waals surface area contributed by atoms with Crippen molar-refractivity contribution in [1.82, 2.24) is 0 Å². The van der Waals surface area contributed by atoms with Crippen LogP contribution in [0, 0.1) is 34.9 Å². The third-order valence-corrected chi connectivity index (χ3v) is 7.44. The summed E-state index contributed by atoms with van der Waals surface area (Å²) in [6.07, 6.45) is 22.2. The van der Waals surface area contributed by atoms with Gasteiger partial charge in [0, 0.05) is 0 Å². The summed E-state index contributed by atoms with van der Waals surface area (Å²) in [6.45, 7) is 2.30. The summed E-state index contributed by atoms with van der Waals surface area (Å²) < 4.78 is 13.9. The van der Waals surface area contributed by atoms with Crippen LogP contribution in [-0.2, 0) is 0 Å². The van der Waals surface area contributed by atoms with Crippen molar-refractivity contribution in [3.63, 3.8) is 0 Å². The number of nitriles is 1. The van der Waals surface area contributed by atoms with Crippen molar-refractivity contribution >= 4 is 0 Å². The van der Waals surface area contributed by atoms with E-state index >= 15 is 0 Å². The summed E-state index contributed by atoms with van der Waals surface area (Å²) in [6, 6.07) is 7.07. The molecule has 0 aromatic heterocycles. The Morgan fingerprint density at radius 1 is 1.00 bits per heavy atom. The molecule has 2 fully saturated rings. The Labute approximate surface area is 177 Å². The van der Waals surface area contributed by atoms with Crippen molar-refractivity contribution in [2.45, 2.75) is 96.3 Å². The molecule has 0 spiro atoms. The van der Waals surface area contributed by atoms with E-state index in [-0.39, 0.29) is 11.4 Å². The second-order valence-electron chi connectivity index (χ2n) is 9.50. The highest BCUT2D eigenvalue weighted by Gasteiger charge is 2.22. The third kappa shape index (κ3) is 6.70. The number of nitrogens with zero attached hydrogens (tertiary/aromatic N) is 1. The molecule has 1 aromatic rings. The lowest BCUT2D eigenvalue weighted by atomic mass is 9.77. The number of rotatable bonds is 8. The summed E-state index contributed by atoms with van der Waals surface area (Å²) >= 11 is 0. The van der Waals surface area contributed by atoms with Crippen LogP contribution in [0.15, 0.2) is 30.4 Å². The van der Waals surface area contributed by atoms with Gasteiger partial charge in [0.05, 0.1) is 5.56 Å². The molecule has 29 heavy (non-hydrogen) atoms. The van der Waals surface area contributed by atoms with Gasteiger partial charge in [-0.1, -0.05) is 70.1 Å². The Bertz CT molecular complexity index is 685. The van der Waals surface area contributed by atoms with E-state index in [1.807, 2.05) is 12.1 Å². The minimum absolute atomic E-state index is 0.153. The maximum Gasteiger partial charge on any atom is 0.141 e. The zero-order valence-corrected chi connectivity index (χ0v) is 18.2. The van der Waals surface area contributed by atoms with E-state index in [0.29, 0.717) is 11.8 Å². The van der Waals surface area contributed by atoms with Gasteiger partial charge >= 0.3 is 0 Å². The van der Waals surface area contributed by atoms with E-state index < -0.39 is 0 Å². The first kappa shape index (κ1) is 22.1. The van der Waals surface area contributed by atoms with Gasteiger partial charge in [0.1, 0.15) is 11.9 Å². The molecule has 1 nitrogen and oxygen atoms in total. The number of benzene rings is 1. The van der Waals surface area contributed by atoms with E-state index in [1.54, 1.807) is 12.1 Å². The van der Waals surface area contributed by atoms with Gasteiger partial charge < -0.3 is 0 Å². The van der Waals surface area contributed by atoms with E-state index in [1.165, 1.54) is 70.6 Å². The molecule has 3 rings (SSSR count). The second-order valence-corrected chi connectivity index (χ2v) is 9.50. The Morgan fingerprint density at radius 2 is 1.69 bits per heavy atom. The van der Waals surface area contributed by atoms with E-state index in [4.69, 9.17) is 5.26 Å². The van der Waals surface area contributed by atoms with Gasteiger partial charge in [-0.05, 0) is 79.9 Å². The fourth-order valence-corrected chi connectivity index (χ4v) is 5.44. The zero-order chi connectivity index (χ0) is 20.5. The molecule has 0 saturated heterocycles. The quantitative estimate of drug-likeness (QED) is 0.406. The van der Waals surface area contributed by atoms with Crippen LogP contribution in [0.5, 0.6) is 0 Å². The van der Waals surface area contributed by atoms with Crippen LogP contribution in [0.4, 0.5) is 4.39 Å². The predicted molar refractivity (Wildman–Crippen MR) is 119 cm³/mol. The molecule has 0 amide bonds. The smallest absolute Gasteiger partial charge is 0.141 e. The monoisotopic (exact) mass is 395 g/mol. The maximum atomic E-state index is 13.9. The fraction of sp³-hybridized carbons (Fsp3) is 0.667. The summed E-state index contributed by atoms with van der Waals surface area (Å²) in [5.74, 6) is 2.75. The van der Waals surface area contributed by atoms with Gasteiger partial charge in [0.2, 0.25) is 0 Å². The average molecular weight is 396 g/mol. The van der Waals surface area contributed by atoms with Crippen molar-refractivity contribution in [1.29, 1.82) is 5.26 Å². The van der Waals surface area contributed by atoms with Gasteiger partial charge in [0.25, 0.3) is 0 Å². The van der Waals surface area contributed by atoms with Crippen LogP contribution < -0.4 is 0 Å². The lowest BCUT2D eigenvalue weighted by Gasteiger charge is -2.28. The molecule has 0 radical (unpaired) electrons. The molecule has 2 saturated carbocycles. The minimum atomic E-state index is -0.369. The Balaban J connectivity index is 1.33. The lowest BCUT2D eigenvalue weighted by Crippen LogP contribution is -2.14. The topological polar surface area (TPSA) is 23.8 Å². The molecule has 0 N–H and O–H groups in total. The molecule has 2 heteroatoms. The molecule has 0 atom stereocenters. The molecule has 2 aliphatic carbocycles. The SMILES string of the molecule is CCCCC1CCC(CC/C=C/C2CCC(c3ccc(C#N)c(F)c3)CC2)CC1. The van der Waals surface area contributed by atoms with Gasteiger partial charge in [0.15, 0.2) is 0 Å². The fourth-order valence-electron chi connectivity index (χ4n) is 5.44. The zero-order valence-electron chi connectivity index (χ0n) is 18.2. The third-order valence-electron chi connectivity index (χ3n) is 7.44. The number of halogens is 1. The van der Waals surface area contributed by atoms with Crippen molar-refractivity contribution in [2.24, 2.45) is 17.8 Å². The molecule has 0 aliphatic heterocycles. The Morgan fingerprint density at radius 3 is 2.31 bits per heavy atom. The number of hydrogen-bond acceptors (Lipinski definition) is 1. The number of unbranched alkanes of at least 4 members (excludes halogenated alkanes) is 1. The first-order valence-corrected chi connectivity index (χ1v) is 12.1. The van der Waals surface area contributed by atoms with Crippen molar-refractivity contribution in [3.05, 3.63) is 47.3 Å². The highest BCUT2D eigenvalue weighted by atomic mass is 19.1. The van der Waals surface area contributed by atoms with E-state index in [0.717, 1.165) is 30.2 Å². The molecular formula is C27H38FN. The van der Waals surface area contributed by atoms with Crippen molar-refractivity contribution in [2.75, 3.05) is 0 Å². The van der Waals surface area contributed by atoms with Crippen molar-refractivity contribution in [3.8, 4) is 6.07 Å². The molecule has 0 bridgehead atoms. The minimum Gasteiger partial charge on any atom is -0.206 e. The second kappa shape index (κ2) is 11.5. The van der Waals surface area contributed by atoms with Crippen LogP contribution in [0.25, 0.3) is 0 Å². The van der Waals surface area contributed by atoms with Crippen LogP contribution >= 0.6 is 0 Å². The summed E-state index contributed by atoms with van der Waals surface area (Å²) in [4.78, 5) is 0. The van der Waals surface area contributed by atoms with Crippen molar-refractivity contribution < 1.29 is 4.39 Å². The molecule has 2 aliphatic rings. The van der Waals surface area contributed by atoms with Gasteiger partial charge in [-0.3, -0.25) is 0 Å². The van der Waals surface area contributed by atoms with E-state index in [9.17, 15) is 4.39 Å². The van der Waals surface area contributed by atoms with Gasteiger partial charge in [-0.25, -0.2) is 4.39 Å². The molecule has 0 heterocycles. The predicted octanol–water partition coefficient (Wildman–Crippen LogP) is 8.30.